The Kier molecular flexibility index (Phi) is 3.57. The normalized spacial score (nSPS) is 30.8. The van der Waals surface area contributed by atoms with Crippen molar-refractivity contribution in [3.63, 3.8) is 0 Å². The molecule has 0 aromatic heterocycles. The van der Waals surface area contributed by atoms with Gasteiger partial charge in [-0.3, -0.25) is 0 Å². The van der Waals surface area contributed by atoms with Crippen LogP contribution in [0.25, 0.3) is 0 Å². The Morgan fingerprint density at radius 1 is 1.11 bits per heavy atom. The lowest BCUT2D eigenvalue weighted by molar-refractivity contribution is 0.124. The molecular formula is C16H20F2O. The number of fused-ring (bicyclic) bond motifs is 2. The lowest BCUT2D eigenvalue weighted by atomic mass is 9.84. The summed E-state index contributed by atoms with van der Waals surface area (Å²) in [6.45, 7) is 0. The molecule has 2 aliphatic rings. The Balaban J connectivity index is 1.57. The third kappa shape index (κ3) is 2.97. The fourth-order valence-corrected chi connectivity index (χ4v) is 4.10. The van der Waals surface area contributed by atoms with Crippen molar-refractivity contribution < 1.29 is 13.9 Å². The molecule has 0 saturated heterocycles. The van der Waals surface area contributed by atoms with Gasteiger partial charge in [0.2, 0.25) is 0 Å². The largest absolute Gasteiger partial charge is 0.393 e. The molecule has 3 rings (SSSR count). The van der Waals surface area contributed by atoms with Crippen molar-refractivity contribution >= 4 is 0 Å². The van der Waals surface area contributed by atoms with E-state index in [0.717, 1.165) is 24.3 Å². The molecule has 104 valence electrons. The number of aliphatic hydroxyl groups is 1. The van der Waals surface area contributed by atoms with Gasteiger partial charge in [-0.2, -0.15) is 0 Å². The fraction of sp³-hybridized carbons (Fsp3) is 0.625. The molecule has 0 spiro atoms. The molecule has 0 aliphatic heterocycles. The Labute approximate surface area is 112 Å². The second-order valence-electron chi connectivity index (χ2n) is 6.31. The van der Waals surface area contributed by atoms with Crippen LogP contribution in [-0.4, -0.2) is 11.2 Å². The highest BCUT2D eigenvalue weighted by Crippen LogP contribution is 2.49. The summed E-state index contributed by atoms with van der Waals surface area (Å²) in [7, 11) is 0. The SMILES string of the molecule is OC(Cc1cc(F)cc(F)c1)CC1CC2CCC1C2. The van der Waals surface area contributed by atoms with Gasteiger partial charge in [0.25, 0.3) is 0 Å². The molecule has 2 aliphatic carbocycles. The third-order valence-corrected chi connectivity index (χ3v) is 4.85. The first kappa shape index (κ1) is 13.0. The summed E-state index contributed by atoms with van der Waals surface area (Å²) in [4.78, 5) is 0. The second kappa shape index (κ2) is 5.20. The van der Waals surface area contributed by atoms with Crippen LogP contribution in [0.1, 0.15) is 37.7 Å². The molecule has 4 unspecified atom stereocenters. The quantitative estimate of drug-likeness (QED) is 0.881. The zero-order chi connectivity index (χ0) is 13.4. The number of rotatable bonds is 4. The zero-order valence-corrected chi connectivity index (χ0v) is 11.0. The van der Waals surface area contributed by atoms with E-state index >= 15 is 0 Å². The van der Waals surface area contributed by atoms with Crippen LogP contribution < -0.4 is 0 Å². The van der Waals surface area contributed by atoms with Crippen molar-refractivity contribution in [2.45, 2.75) is 44.6 Å². The molecule has 0 amide bonds. The molecule has 2 bridgehead atoms. The first-order chi connectivity index (χ1) is 9.10. The van der Waals surface area contributed by atoms with Crippen molar-refractivity contribution in [1.29, 1.82) is 0 Å². The summed E-state index contributed by atoms with van der Waals surface area (Å²) in [5.41, 5.74) is 0.549. The van der Waals surface area contributed by atoms with E-state index in [0.29, 0.717) is 17.9 Å². The molecule has 0 heterocycles. The Morgan fingerprint density at radius 2 is 1.84 bits per heavy atom. The van der Waals surface area contributed by atoms with Gasteiger partial charge in [-0.25, -0.2) is 8.78 Å². The molecule has 1 nitrogen and oxygen atoms in total. The Hall–Kier alpha value is -0.960. The van der Waals surface area contributed by atoms with Gasteiger partial charge in [0.15, 0.2) is 0 Å². The van der Waals surface area contributed by atoms with E-state index in [9.17, 15) is 13.9 Å². The predicted molar refractivity (Wildman–Crippen MR) is 69.6 cm³/mol. The lowest BCUT2D eigenvalue weighted by Gasteiger charge is -2.24. The molecule has 2 saturated carbocycles. The van der Waals surface area contributed by atoms with Crippen LogP contribution in [0.15, 0.2) is 18.2 Å². The van der Waals surface area contributed by atoms with Crippen molar-refractivity contribution in [3.8, 4) is 0 Å². The van der Waals surface area contributed by atoms with E-state index in [1.165, 1.54) is 37.8 Å². The van der Waals surface area contributed by atoms with Gasteiger partial charge in [-0.15, -0.1) is 0 Å². The molecule has 1 aromatic rings. The summed E-state index contributed by atoms with van der Waals surface area (Å²) in [5, 5.41) is 10.1. The predicted octanol–water partition coefficient (Wildman–Crippen LogP) is 3.69. The van der Waals surface area contributed by atoms with Crippen molar-refractivity contribution in [2.24, 2.45) is 17.8 Å². The van der Waals surface area contributed by atoms with E-state index in [2.05, 4.69) is 0 Å². The number of hydrogen-bond donors (Lipinski definition) is 1. The number of hydrogen-bond acceptors (Lipinski definition) is 1. The topological polar surface area (TPSA) is 20.2 Å². The molecule has 0 radical (unpaired) electrons. The highest BCUT2D eigenvalue weighted by Gasteiger charge is 2.39. The highest BCUT2D eigenvalue weighted by molar-refractivity contribution is 5.18. The van der Waals surface area contributed by atoms with Crippen LogP contribution in [0.2, 0.25) is 0 Å². The zero-order valence-electron chi connectivity index (χ0n) is 11.0. The Bertz CT molecular complexity index is 440. The van der Waals surface area contributed by atoms with Gasteiger partial charge in [0.1, 0.15) is 11.6 Å². The van der Waals surface area contributed by atoms with E-state index in [1.807, 2.05) is 0 Å². The van der Waals surface area contributed by atoms with Crippen LogP contribution >= 0.6 is 0 Å². The third-order valence-electron chi connectivity index (χ3n) is 4.85. The average molecular weight is 266 g/mol. The smallest absolute Gasteiger partial charge is 0.126 e. The molecule has 19 heavy (non-hydrogen) atoms. The molecular weight excluding hydrogens is 246 g/mol. The molecule has 3 heteroatoms. The number of halogens is 2. The van der Waals surface area contributed by atoms with E-state index in [-0.39, 0.29) is 0 Å². The van der Waals surface area contributed by atoms with Crippen molar-refractivity contribution in [1.82, 2.24) is 0 Å². The van der Waals surface area contributed by atoms with Crippen molar-refractivity contribution in [2.75, 3.05) is 0 Å². The van der Waals surface area contributed by atoms with E-state index in [1.54, 1.807) is 0 Å². The van der Waals surface area contributed by atoms with Gasteiger partial charge in [-0.1, -0.05) is 6.42 Å². The summed E-state index contributed by atoms with van der Waals surface area (Å²) in [5.74, 6) is 1.13. The van der Waals surface area contributed by atoms with Crippen LogP contribution in [-0.2, 0) is 6.42 Å². The first-order valence-corrected chi connectivity index (χ1v) is 7.23. The van der Waals surface area contributed by atoms with Crippen LogP contribution in [0.3, 0.4) is 0 Å². The molecule has 1 N–H and O–H groups in total. The maximum absolute atomic E-state index is 13.1. The Morgan fingerprint density at radius 3 is 2.42 bits per heavy atom. The minimum atomic E-state index is -0.567. The van der Waals surface area contributed by atoms with Gasteiger partial charge in [-0.05, 0) is 67.6 Å². The minimum Gasteiger partial charge on any atom is -0.393 e. The maximum Gasteiger partial charge on any atom is 0.126 e. The fourth-order valence-electron chi connectivity index (χ4n) is 4.10. The first-order valence-electron chi connectivity index (χ1n) is 7.23. The summed E-state index contributed by atoms with van der Waals surface area (Å²) >= 11 is 0. The van der Waals surface area contributed by atoms with Gasteiger partial charge in [0, 0.05) is 6.07 Å². The minimum absolute atomic E-state index is 0.350. The molecule has 2 fully saturated rings. The van der Waals surface area contributed by atoms with Gasteiger partial charge >= 0.3 is 0 Å². The number of benzene rings is 1. The lowest BCUT2D eigenvalue weighted by Crippen LogP contribution is -2.20. The highest BCUT2D eigenvalue weighted by atomic mass is 19.1. The van der Waals surface area contributed by atoms with E-state index < -0.39 is 17.7 Å². The average Bonchev–Trinajstić information content (AvgIpc) is 2.88. The van der Waals surface area contributed by atoms with Crippen LogP contribution in [0, 0.1) is 29.4 Å². The standard InChI is InChI=1S/C16H20F2O/c17-14-5-11(6-15(18)9-14)7-16(19)8-13-4-10-1-2-12(13)3-10/h5-6,9-10,12-13,16,19H,1-4,7-8H2. The summed E-state index contributed by atoms with van der Waals surface area (Å²) < 4.78 is 26.2. The summed E-state index contributed by atoms with van der Waals surface area (Å²) in [6, 6.07) is 3.49. The van der Waals surface area contributed by atoms with E-state index in [4.69, 9.17) is 0 Å². The summed E-state index contributed by atoms with van der Waals surface area (Å²) in [6.07, 6.45) is 5.86. The van der Waals surface area contributed by atoms with Crippen LogP contribution in [0.5, 0.6) is 0 Å². The number of aliphatic hydroxyl groups excluding tert-OH is 1. The van der Waals surface area contributed by atoms with Crippen molar-refractivity contribution in [3.05, 3.63) is 35.4 Å². The van der Waals surface area contributed by atoms with Gasteiger partial charge in [0.05, 0.1) is 6.10 Å². The monoisotopic (exact) mass is 266 g/mol. The molecule has 1 aromatic carbocycles. The second-order valence-corrected chi connectivity index (χ2v) is 6.31. The van der Waals surface area contributed by atoms with Crippen LogP contribution in [0.4, 0.5) is 8.78 Å². The van der Waals surface area contributed by atoms with Gasteiger partial charge < -0.3 is 5.11 Å². The molecule has 4 atom stereocenters. The maximum atomic E-state index is 13.1.